The summed E-state index contributed by atoms with van der Waals surface area (Å²) in [5, 5.41) is 7.67. The maximum Gasteiger partial charge on any atom is 0.242 e. The van der Waals surface area contributed by atoms with Crippen LogP contribution in [-0.4, -0.2) is 30.2 Å². The third-order valence-electron chi connectivity index (χ3n) is 2.21. The maximum atomic E-state index is 11.5. The van der Waals surface area contributed by atoms with Crippen molar-refractivity contribution in [3.05, 3.63) is 11.5 Å². The first-order chi connectivity index (χ1) is 7.13. The Hall–Kier alpha value is -0.970. The summed E-state index contributed by atoms with van der Waals surface area (Å²) in [5.41, 5.74) is 0. The molecule has 1 heterocycles. The zero-order valence-corrected chi connectivity index (χ0v) is 9.76. The van der Waals surface area contributed by atoms with E-state index in [0.29, 0.717) is 11.7 Å². The van der Waals surface area contributed by atoms with Crippen LogP contribution in [0, 0.1) is 0 Å². The number of carbonyl (C=O) groups excluding carboxylic acids is 2. The molecule has 0 bridgehead atoms. The molecule has 1 unspecified atom stereocenters. The van der Waals surface area contributed by atoms with E-state index < -0.39 is 6.04 Å². The predicted molar refractivity (Wildman–Crippen MR) is 61.4 cm³/mol. The van der Waals surface area contributed by atoms with Gasteiger partial charge < -0.3 is 10.6 Å². The molecule has 15 heavy (non-hydrogen) atoms. The lowest BCUT2D eigenvalue weighted by Gasteiger charge is -2.19. The van der Waals surface area contributed by atoms with E-state index in [-0.39, 0.29) is 11.8 Å². The van der Waals surface area contributed by atoms with Crippen molar-refractivity contribution in [3.63, 3.8) is 0 Å². The van der Waals surface area contributed by atoms with Crippen molar-refractivity contribution in [2.45, 2.75) is 31.1 Å². The molecule has 2 N–H and O–H groups in total. The molecule has 0 fully saturated rings. The normalized spacial score (nSPS) is 21.1. The second kappa shape index (κ2) is 5.80. The molecule has 0 saturated carbocycles. The summed E-state index contributed by atoms with van der Waals surface area (Å²) in [7, 11) is 1.58. The van der Waals surface area contributed by atoms with Gasteiger partial charge in [0, 0.05) is 19.2 Å². The molecule has 0 aliphatic carbocycles. The van der Waals surface area contributed by atoms with Crippen molar-refractivity contribution in [1.82, 2.24) is 10.6 Å². The second-order valence-electron chi connectivity index (χ2n) is 3.47. The fourth-order valence-electron chi connectivity index (χ4n) is 1.50. The largest absolute Gasteiger partial charge is 0.357 e. The van der Waals surface area contributed by atoms with Gasteiger partial charge in [-0.25, -0.2) is 0 Å². The van der Waals surface area contributed by atoms with Crippen LogP contribution in [0.3, 0.4) is 0 Å². The van der Waals surface area contributed by atoms with Gasteiger partial charge in [0.05, 0.1) is 0 Å². The number of hydrogen-bond donors (Lipinski definition) is 2. The van der Waals surface area contributed by atoms with Crippen molar-refractivity contribution < 1.29 is 9.59 Å². The quantitative estimate of drug-likeness (QED) is 0.742. The molecular weight excluding hydrogens is 212 g/mol. The lowest BCUT2D eigenvalue weighted by atomic mass is 10.1. The highest BCUT2D eigenvalue weighted by molar-refractivity contribution is 8.03. The summed E-state index contributed by atoms with van der Waals surface area (Å²) in [6.45, 7) is 1.43. The van der Waals surface area contributed by atoms with Crippen molar-refractivity contribution in [2.75, 3.05) is 7.05 Å². The first-order valence-corrected chi connectivity index (χ1v) is 5.87. The lowest BCUT2D eigenvalue weighted by molar-refractivity contribution is -0.127. The van der Waals surface area contributed by atoms with E-state index in [1.54, 1.807) is 18.8 Å². The number of amides is 2. The van der Waals surface area contributed by atoms with E-state index in [1.165, 1.54) is 6.92 Å². The average molecular weight is 228 g/mol. The number of carbonyl (C=O) groups is 2. The van der Waals surface area contributed by atoms with Crippen molar-refractivity contribution in [3.8, 4) is 0 Å². The SMILES string of the molecule is CNC(=O)[C@H](CC1CC=CS1)NC(C)=O. The maximum absolute atomic E-state index is 11.5. The molecule has 0 saturated heterocycles. The summed E-state index contributed by atoms with van der Waals surface area (Å²) in [5.74, 6) is -0.294. The minimum absolute atomic E-state index is 0.127. The van der Waals surface area contributed by atoms with Crippen LogP contribution >= 0.6 is 11.8 Å². The molecule has 0 aromatic carbocycles. The van der Waals surface area contributed by atoms with Gasteiger partial charge in [0.1, 0.15) is 6.04 Å². The first-order valence-electron chi connectivity index (χ1n) is 4.92. The van der Waals surface area contributed by atoms with Crippen LogP contribution in [0.15, 0.2) is 11.5 Å². The molecule has 0 aromatic heterocycles. The summed E-state index contributed by atoms with van der Waals surface area (Å²) < 4.78 is 0. The molecular formula is C10H16N2O2S. The lowest BCUT2D eigenvalue weighted by Crippen LogP contribution is -2.46. The van der Waals surface area contributed by atoms with E-state index in [1.807, 2.05) is 5.41 Å². The Morgan fingerprint density at radius 3 is 2.80 bits per heavy atom. The van der Waals surface area contributed by atoms with Crippen LogP contribution in [0.4, 0.5) is 0 Å². The smallest absolute Gasteiger partial charge is 0.242 e. The monoisotopic (exact) mass is 228 g/mol. The van der Waals surface area contributed by atoms with E-state index in [0.717, 1.165) is 6.42 Å². The molecule has 1 rings (SSSR count). The third-order valence-corrected chi connectivity index (χ3v) is 3.32. The number of thioether (sulfide) groups is 1. The zero-order valence-electron chi connectivity index (χ0n) is 8.95. The Morgan fingerprint density at radius 2 is 2.33 bits per heavy atom. The van der Waals surface area contributed by atoms with Gasteiger partial charge >= 0.3 is 0 Å². The highest BCUT2D eigenvalue weighted by atomic mass is 32.2. The molecule has 2 atom stereocenters. The molecule has 1 aliphatic rings. The van der Waals surface area contributed by atoms with Gasteiger partial charge in [0.15, 0.2) is 0 Å². The number of nitrogens with one attached hydrogen (secondary N) is 2. The summed E-state index contributed by atoms with van der Waals surface area (Å²) in [6, 6.07) is -0.412. The van der Waals surface area contributed by atoms with E-state index >= 15 is 0 Å². The molecule has 0 spiro atoms. The standard InChI is InChI=1S/C10H16N2O2S/c1-7(13)12-9(10(14)11-2)6-8-4-3-5-15-8/h3,5,8-9H,4,6H2,1-2H3,(H,11,14)(H,12,13)/t8?,9-/m0/s1. The van der Waals surface area contributed by atoms with Gasteiger partial charge in [-0.05, 0) is 18.2 Å². The molecule has 0 aromatic rings. The van der Waals surface area contributed by atoms with Crippen LogP contribution in [0.5, 0.6) is 0 Å². The molecule has 2 amide bonds. The van der Waals surface area contributed by atoms with Gasteiger partial charge in [0.25, 0.3) is 0 Å². The van der Waals surface area contributed by atoms with Crippen molar-refractivity contribution >= 4 is 23.6 Å². The predicted octanol–water partition coefficient (Wildman–Crippen LogP) is 0.646. The van der Waals surface area contributed by atoms with Gasteiger partial charge in [-0.15, -0.1) is 11.8 Å². The van der Waals surface area contributed by atoms with E-state index in [9.17, 15) is 9.59 Å². The van der Waals surface area contributed by atoms with Crippen LogP contribution in [0.1, 0.15) is 19.8 Å². The summed E-state index contributed by atoms with van der Waals surface area (Å²) in [6.07, 6.45) is 3.73. The third kappa shape index (κ3) is 3.95. The number of hydrogen-bond acceptors (Lipinski definition) is 3. The van der Waals surface area contributed by atoms with Crippen molar-refractivity contribution in [1.29, 1.82) is 0 Å². The topological polar surface area (TPSA) is 58.2 Å². The number of likely N-dealkylation sites (N-methyl/N-ethyl adjacent to an activating group) is 1. The second-order valence-corrected chi connectivity index (χ2v) is 4.68. The summed E-state index contributed by atoms with van der Waals surface area (Å²) in [4.78, 5) is 22.4. The van der Waals surface area contributed by atoms with Crippen LogP contribution in [0.25, 0.3) is 0 Å². The zero-order chi connectivity index (χ0) is 11.3. The number of allylic oxidation sites excluding steroid dienone is 1. The molecule has 1 aliphatic heterocycles. The van der Waals surface area contributed by atoms with Crippen LogP contribution in [0.2, 0.25) is 0 Å². The van der Waals surface area contributed by atoms with Crippen molar-refractivity contribution in [2.24, 2.45) is 0 Å². The van der Waals surface area contributed by atoms with E-state index in [4.69, 9.17) is 0 Å². The first kappa shape index (κ1) is 12.1. The highest BCUT2D eigenvalue weighted by Gasteiger charge is 2.23. The minimum atomic E-state index is -0.412. The molecule has 0 radical (unpaired) electrons. The van der Waals surface area contributed by atoms with Gasteiger partial charge in [-0.3, -0.25) is 9.59 Å². The highest BCUT2D eigenvalue weighted by Crippen LogP contribution is 2.27. The number of rotatable bonds is 4. The molecule has 84 valence electrons. The van der Waals surface area contributed by atoms with Crippen LogP contribution in [-0.2, 0) is 9.59 Å². The Kier molecular flexibility index (Phi) is 4.68. The van der Waals surface area contributed by atoms with E-state index in [2.05, 4.69) is 16.7 Å². The average Bonchev–Trinajstić information content (AvgIpc) is 2.67. The molecule has 4 nitrogen and oxygen atoms in total. The fraction of sp³-hybridized carbons (Fsp3) is 0.600. The fourth-order valence-corrected chi connectivity index (χ4v) is 2.47. The molecule has 5 heteroatoms. The Balaban J connectivity index is 2.47. The van der Waals surface area contributed by atoms with Gasteiger partial charge in [-0.1, -0.05) is 6.08 Å². The minimum Gasteiger partial charge on any atom is -0.357 e. The summed E-state index contributed by atoms with van der Waals surface area (Å²) >= 11 is 1.71. The van der Waals surface area contributed by atoms with Crippen LogP contribution < -0.4 is 10.6 Å². The Morgan fingerprint density at radius 1 is 1.60 bits per heavy atom. The van der Waals surface area contributed by atoms with Gasteiger partial charge in [0.2, 0.25) is 11.8 Å². The van der Waals surface area contributed by atoms with Gasteiger partial charge in [-0.2, -0.15) is 0 Å². The Labute approximate surface area is 93.9 Å². The Bertz CT molecular complexity index is 271.